The SMILES string of the molecule is CCCCCCCCCC(=O)NC(CCSC)C(=O)O.CCCCCCCCCC(=O)[O-].[Na+]. The summed E-state index contributed by atoms with van der Waals surface area (Å²) >= 11 is 1.59. The zero-order valence-electron chi connectivity index (χ0n) is 21.8. The van der Waals surface area contributed by atoms with Gasteiger partial charge in [-0.05, 0) is 37.7 Å². The van der Waals surface area contributed by atoms with Gasteiger partial charge in [-0.1, -0.05) is 90.9 Å². The summed E-state index contributed by atoms with van der Waals surface area (Å²) in [5.41, 5.74) is 0. The average Bonchev–Trinajstić information content (AvgIpc) is 2.75. The fourth-order valence-corrected chi connectivity index (χ4v) is 3.70. The first-order valence-electron chi connectivity index (χ1n) is 12.6. The molecule has 0 saturated carbocycles. The summed E-state index contributed by atoms with van der Waals surface area (Å²) in [5.74, 6) is -1.24. The molecule has 0 radical (unpaired) electrons. The van der Waals surface area contributed by atoms with Gasteiger partial charge in [-0.15, -0.1) is 0 Å². The second kappa shape index (κ2) is 29.8. The minimum absolute atomic E-state index is 0. The first-order chi connectivity index (χ1) is 15.4. The molecule has 0 aliphatic carbocycles. The fourth-order valence-electron chi connectivity index (χ4n) is 3.23. The molecular formula is C25H48NNaO5S. The molecule has 0 aromatic carbocycles. The van der Waals surface area contributed by atoms with E-state index in [1.807, 2.05) is 6.26 Å². The normalized spacial score (nSPS) is 11.0. The number of unbranched alkanes of at least 4 members (excludes halogenated alkanes) is 12. The molecule has 0 heterocycles. The van der Waals surface area contributed by atoms with Crippen molar-refractivity contribution in [3.63, 3.8) is 0 Å². The summed E-state index contributed by atoms with van der Waals surface area (Å²) in [6.45, 7) is 4.39. The van der Waals surface area contributed by atoms with Crippen molar-refractivity contribution < 1.29 is 54.2 Å². The Hall–Kier alpha value is -0.240. The molecule has 0 bridgehead atoms. The summed E-state index contributed by atoms with van der Waals surface area (Å²) in [6, 6.07) is -0.737. The Kier molecular flexibility index (Phi) is 33.7. The quantitative estimate of drug-likeness (QED) is 0.186. The molecule has 0 aliphatic heterocycles. The number of aliphatic carboxylic acids is 2. The molecule has 0 saturated heterocycles. The molecule has 190 valence electrons. The van der Waals surface area contributed by atoms with Crippen LogP contribution in [0.3, 0.4) is 0 Å². The topological polar surface area (TPSA) is 107 Å². The van der Waals surface area contributed by atoms with Crippen LogP contribution in [0.1, 0.15) is 123 Å². The molecule has 6 nitrogen and oxygen atoms in total. The van der Waals surface area contributed by atoms with Crippen molar-refractivity contribution >= 4 is 29.6 Å². The van der Waals surface area contributed by atoms with Gasteiger partial charge in [-0.3, -0.25) is 4.79 Å². The molecule has 33 heavy (non-hydrogen) atoms. The summed E-state index contributed by atoms with van der Waals surface area (Å²) in [6.07, 6.45) is 19.3. The fraction of sp³-hybridized carbons (Fsp3) is 0.880. The summed E-state index contributed by atoms with van der Waals surface area (Å²) in [5, 5.41) is 21.7. The molecule has 0 aromatic heterocycles. The van der Waals surface area contributed by atoms with Crippen LogP contribution in [0.15, 0.2) is 0 Å². The molecule has 8 heteroatoms. The summed E-state index contributed by atoms with van der Waals surface area (Å²) in [4.78, 5) is 32.7. The van der Waals surface area contributed by atoms with Gasteiger partial charge in [0.2, 0.25) is 5.91 Å². The van der Waals surface area contributed by atoms with Gasteiger partial charge in [0, 0.05) is 12.4 Å². The van der Waals surface area contributed by atoms with Crippen LogP contribution in [0.2, 0.25) is 0 Å². The van der Waals surface area contributed by atoms with Gasteiger partial charge >= 0.3 is 35.5 Å². The van der Waals surface area contributed by atoms with E-state index >= 15 is 0 Å². The third-order valence-corrected chi connectivity index (χ3v) is 5.88. The van der Waals surface area contributed by atoms with Crippen LogP contribution < -0.4 is 40.0 Å². The van der Waals surface area contributed by atoms with E-state index < -0.39 is 18.0 Å². The molecule has 0 aliphatic rings. The number of carbonyl (C=O) groups excluding carboxylic acids is 2. The molecule has 1 amide bonds. The van der Waals surface area contributed by atoms with E-state index in [2.05, 4.69) is 19.2 Å². The number of carbonyl (C=O) groups is 3. The zero-order valence-corrected chi connectivity index (χ0v) is 24.6. The second-order valence-electron chi connectivity index (χ2n) is 8.35. The Morgan fingerprint density at radius 2 is 1.21 bits per heavy atom. The molecule has 2 N–H and O–H groups in total. The standard InChI is InChI=1S/C15H29NO3S.C10H20O2.Na/c1-3-4-5-6-7-8-9-10-14(17)16-13(15(18)19)11-12-20-2;1-2-3-4-5-6-7-8-9-10(11)12;/h13H,3-12H2,1-2H3,(H,16,17)(H,18,19);2-9H2,1H3,(H,11,12);/q;;+1/p-1. The van der Waals surface area contributed by atoms with E-state index in [1.54, 1.807) is 11.8 Å². The van der Waals surface area contributed by atoms with Crippen molar-refractivity contribution in [3.05, 3.63) is 0 Å². The average molecular weight is 498 g/mol. The largest absolute Gasteiger partial charge is 1.00 e. The zero-order chi connectivity index (χ0) is 24.5. The van der Waals surface area contributed by atoms with E-state index in [1.165, 1.54) is 64.2 Å². The van der Waals surface area contributed by atoms with E-state index in [0.29, 0.717) is 12.8 Å². The van der Waals surface area contributed by atoms with Gasteiger partial charge in [0.15, 0.2) is 0 Å². The van der Waals surface area contributed by atoms with Crippen LogP contribution in [-0.4, -0.2) is 41.0 Å². The maximum Gasteiger partial charge on any atom is 1.00 e. The number of carboxylic acids is 2. The number of carboxylic acid groups (broad SMARTS) is 2. The number of thioether (sulfide) groups is 1. The van der Waals surface area contributed by atoms with Crippen LogP contribution >= 0.6 is 11.8 Å². The third-order valence-electron chi connectivity index (χ3n) is 5.24. The summed E-state index contributed by atoms with van der Waals surface area (Å²) in [7, 11) is 0. The smallest absolute Gasteiger partial charge is 0.550 e. The number of amides is 1. The van der Waals surface area contributed by atoms with Crippen molar-refractivity contribution in [3.8, 4) is 0 Å². The molecule has 1 unspecified atom stereocenters. The Morgan fingerprint density at radius 3 is 1.61 bits per heavy atom. The van der Waals surface area contributed by atoms with Crippen molar-refractivity contribution in [2.24, 2.45) is 0 Å². The van der Waals surface area contributed by atoms with Crippen molar-refractivity contribution in [1.29, 1.82) is 0 Å². The van der Waals surface area contributed by atoms with Crippen molar-refractivity contribution in [2.45, 2.75) is 129 Å². The number of hydrogen-bond acceptors (Lipinski definition) is 5. The van der Waals surface area contributed by atoms with Crippen molar-refractivity contribution in [2.75, 3.05) is 12.0 Å². The van der Waals surface area contributed by atoms with Gasteiger partial charge in [-0.2, -0.15) is 11.8 Å². The van der Waals surface area contributed by atoms with Crippen LogP contribution in [0, 0.1) is 0 Å². The van der Waals surface area contributed by atoms with Crippen LogP contribution in [-0.2, 0) is 14.4 Å². The molecule has 0 aromatic rings. The first kappa shape index (κ1) is 37.3. The first-order valence-corrected chi connectivity index (χ1v) is 14.0. The van der Waals surface area contributed by atoms with E-state index in [9.17, 15) is 19.5 Å². The minimum Gasteiger partial charge on any atom is -0.550 e. The maximum absolute atomic E-state index is 11.7. The molecular weight excluding hydrogens is 449 g/mol. The Bertz CT molecular complexity index is 466. The van der Waals surface area contributed by atoms with Gasteiger partial charge in [0.05, 0.1) is 0 Å². The maximum atomic E-state index is 11.7. The summed E-state index contributed by atoms with van der Waals surface area (Å²) < 4.78 is 0. The van der Waals surface area contributed by atoms with Gasteiger partial charge < -0.3 is 20.3 Å². The molecule has 0 rings (SSSR count). The molecule has 0 fully saturated rings. The monoisotopic (exact) mass is 497 g/mol. The Labute approximate surface area is 229 Å². The number of hydrogen-bond donors (Lipinski definition) is 2. The van der Waals surface area contributed by atoms with Gasteiger partial charge in [-0.25, -0.2) is 4.79 Å². The van der Waals surface area contributed by atoms with Crippen LogP contribution in [0.25, 0.3) is 0 Å². The number of rotatable bonds is 21. The number of nitrogens with one attached hydrogen (secondary N) is 1. The van der Waals surface area contributed by atoms with Crippen LogP contribution in [0.4, 0.5) is 0 Å². The Morgan fingerprint density at radius 1 is 0.788 bits per heavy atom. The second-order valence-corrected chi connectivity index (χ2v) is 9.34. The van der Waals surface area contributed by atoms with Gasteiger partial charge in [0.25, 0.3) is 0 Å². The van der Waals surface area contributed by atoms with Crippen LogP contribution in [0.5, 0.6) is 0 Å². The Balaban J connectivity index is -0.000000596. The van der Waals surface area contributed by atoms with E-state index in [-0.39, 0.29) is 41.9 Å². The van der Waals surface area contributed by atoms with E-state index in [0.717, 1.165) is 31.4 Å². The molecule has 1 atom stereocenters. The van der Waals surface area contributed by atoms with E-state index in [4.69, 9.17) is 5.11 Å². The minimum atomic E-state index is -0.938. The molecule has 0 spiro atoms. The predicted octanol–water partition coefficient (Wildman–Crippen LogP) is 2.33. The van der Waals surface area contributed by atoms with Crippen molar-refractivity contribution in [1.82, 2.24) is 5.32 Å². The third kappa shape index (κ3) is 31.8. The van der Waals surface area contributed by atoms with Gasteiger partial charge in [0.1, 0.15) is 6.04 Å². The predicted molar refractivity (Wildman–Crippen MR) is 133 cm³/mol.